The molecule has 0 aliphatic rings. The Hall–Kier alpha value is 1.27. The number of rotatable bonds is 5. The van der Waals surface area contributed by atoms with E-state index in [1.807, 2.05) is 0 Å². The van der Waals surface area contributed by atoms with E-state index in [0.29, 0.717) is 5.92 Å². The molecule has 69 valence electrons. The maximum atomic E-state index is 3.85. The minimum absolute atomic E-state index is 0. The third-order valence-corrected chi connectivity index (χ3v) is 1.84. The first-order valence-corrected chi connectivity index (χ1v) is 3.95. The van der Waals surface area contributed by atoms with E-state index in [-0.39, 0.29) is 39.6 Å². The van der Waals surface area contributed by atoms with Crippen molar-refractivity contribution in [2.75, 3.05) is 0 Å². The molecule has 0 rings (SSSR count). The van der Waals surface area contributed by atoms with Gasteiger partial charge in [-0.1, -0.05) is 12.8 Å². The van der Waals surface area contributed by atoms with Crippen LogP contribution >= 0.6 is 0 Å². The molecule has 0 nitrogen and oxygen atoms in total. The molecule has 0 aliphatic carbocycles. The van der Waals surface area contributed by atoms with Crippen molar-refractivity contribution in [1.29, 1.82) is 0 Å². The van der Waals surface area contributed by atoms with Gasteiger partial charge in [-0.15, -0.1) is 0 Å². The molecule has 12 heavy (non-hydrogen) atoms. The van der Waals surface area contributed by atoms with E-state index in [0.717, 1.165) is 25.7 Å². The molecule has 0 bridgehead atoms. The topological polar surface area (TPSA) is 0 Å². The molecule has 0 aromatic heterocycles. The zero-order valence-electron chi connectivity index (χ0n) is 7.88. The Labute approximate surface area is 104 Å². The molecule has 0 amide bonds. The SMILES string of the molecule is [CH2-]C[C-](C[CH2-])CC(C)C[CH2-].[V+2].[W+2]. The molecule has 0 aromatic carbocycles. The van der Waals surface area contributed by atoms with Crippen molar-refractivity contribution in [2.45, 2.75) is 32.6 Å². The quantitative estimate of drug-likeness (QED) is 0.650. The monoisotopic (exact) mass is 373 g/mol. The van der Waals surface area contributed by atoms with Gasteiger partial charge in [0.05, 0.1) is 0 Å². The summed E-state index contributed by atoms with van der Waals surface area (Å²) < 4.78 is 0. The average Bonchev–Trinajstić information content (AvgIpc) is 1.99. The smallest absolute Gasteiger partial charge is 0.372 e. The number of hydrogen-bond donors (Lipinski definition) is 0. The average molecular weight is 373 g/mol. The van der Waals surface area contributed by atoms with Crippen LogP contribution in [0.1, 0.15) is 32.6 Å². The van der Waals surface area contributed by atoms with Crippen molar-refractivity contribution in [3.8, 4) is 0 Å². The van der Waals surface area contributed by atoms with Crippen LogP contribution in [-0.4, -0.2) is 0 Å². The molecule has 1 unspecified atom stereocenters. The largest absolute Gasteiger partial charge is 2.00 e. The molecule has 1 atom stereocenters. The van der Waals surface area contributed by atoms with E-state index < -0.39 is 0 Å². The third kappa shape index (κ3) is 9.36. The fraction of sp³-hybridized carbons (Fsp3) is 0.600. The Morgan fingerprint density at radius 3 is 1.83 bits per heavy atom. The Morgan fingerprint density at radius 2 is 1.58 bits per heavy atom. The molecule has 0 saturated heterocycles. The number of hydrogen-bond acceptors (Lipinski definition) is 0. The summed E-state index contributed by atoms with van der Waals surface area (Å²) in [6.45, 7) is 13.8. The van der Waals surface area contributed by atoms with Gasteiger partial charge >= 0.3 is 39.6 Å². The van der Waals surface area contributed by atoms with Crippen LogP contribution in [0, 0.1) is 32.6 Å². The van der Waals surface area contributed by atoms with Gasteiger partial charge in [0, 0.05) is 0 Å². The zero-order chi connectivity index (χ0) is 7.98. The summed E-state index contributed by atoms with van der Waals surface area (Å²) in [5.41, 5.74) is 0. The van der Waals surface area contributed by atoms with Crippen LogP contribution in [0.2, 0.25) is 0 Å². The predicted molar refractivity (Wildman–Crippen MR) is 46.9 cm³/mol. The van der Waals surface area contributed by atoms with Gasteiger partial charge in [-0.2, -0.15) is 12.8 Å². The predicted octanol–water partition coefficient (Wildman–Crippen LogP) is 3.25. The maximum absolute atomic E-state index is 3.85. The molecule has 1 radical (unpaired) electrons. The van der Waals surface area contributed by atoms with Crippen molar-refractivity contribution >= 4 is 0 Å². The summed E-state index contributed by atoms with van der Waals surface area (Å²) in [6, 6.07) is 0. The second kappa shape index (κ2) is 12.3. The maximum Gasteiger partial charge on any atom is 2.00 e. The van der Waals surface area contributed by atoms with Gasteiger partial charge in [0.1, 0.15) is 0 Å². The van der Waals surface area contributed by atoms with Gasteiger partial charge < -0.3 is 39.5 Å². The fourth-order valence-electron chi connectivity index (χ4n) is 0.924. The van der Waals surface area contributed by atoms with Crippen LogP contribution in [0.25, 0.3) is 0 Å². The second-order valence-electron chi connectivity index (χ2n) is 2.85. The third-order valence-electron chi connectivity index (χ3n) is 1.84. The van der Waals surface area contributed by atoms with Crippen LogP contribution in [-0.2, 0) is 39.6 Å². The van der Waals surface area contributed by atoms with Gasteiger partial charge in [-0.05, 0) is 0 Å². The Bertz CT molecular complexity index is 72.2. The van der Waals surface area contributed by atoms with Gasteiger partial charge in [0.25, 0.3) is 0 Å². The standard InChI is InChI=1S/C10H18.V.W/c1-5-9(4)8-10(6-2)7-3;;/h9H,1-3,5-8H2,4H3;;/q-4;2*+2. The molecule has 0 N–H and O–H groups in total. The molecule has 2 heteroatoms. The zero-order valence-corrected chi connectivity index (χ0v) is 12.2. The van der Waals surface area contributed by atoms with Crippen molar-refractivity contribution < 1.29 is 39.6 Å². The summed E-state index contributed by atoms with van der Waals surface area (Å²) in [6.07, 6.45) is 4.06. The Balaban J connectivity index is -0.000000405. The summed E-state index contributed by atoms with van der Waals surface area (Å²) in [4.78, 5) is 0. The normalized spacial score (nSPS) is 11.8. The molecule has 0 saturated carbocycles. The van der Waals surface area contributed by atoms with Crippen LogP contribution in [0.4, 0.5) is 0 Å². The van der Waals surface area contributed by atoms with E-state index in [1.54, 1.807) is 0 Å². The van der Waals surface area contributed by atoms with E-state index in [4.69, 9.17) is 0 Å². The molecular formula is C10H18VW. The Morgan fingerprint density at radius 1 is 1.17 bits per heavy atom. The van der Waals surface area contributed by atoms with Crippen molar-refractivity contribution in [2.24, 2.45) is 5.92 Å². The van der Waals surface area contributed by atoms with Crippen molar-refractivity contribution in [3.05, 3.63) is 26.7 Å². The Kier molecular flexibility index (Phi) is 19.4. The minimum atomic E-state index is 0. The fourth-order valence-corrected chi connectivity index (χ4v) is 0.924. The van der Waals surface area contributed by atoms with Gasteiger partial charge in [0.15, 0.2) is 0 Å². The van der Waals surface area contributed by atoms with Crippen molar-refractivity contribution in [1.82, 2.24) is 0 Å². The van der Waals surface area contributed by atoms with Crippen LogP contribution in [0.15, 0.2) is 0 Å². The first-order valence-electron chi connectivity index (χ1n) is 3.95. The molecule has 0 spiro atoms. The molecule has 0 heterocycles. The van der Waals surface area contributed by atoms with Crippen molar-refractivity contribution in [3.63, 3.8) is 0 Å². The van der Waals surface area contributed by atoms with Gasteiger partial charge in [0.2, 0.25) is 0 Å². The van der Waals surface area contributed by atoms with Gasteiger partial charge in [-0.3, -0.25) is 0 Å². The summed E-state index contributed by atoms with van der Waals surface area (Å²) in [5.74, 6) is 2.18. The molecule has 0 aromatic rings. The van der Waals surface area contributed by atoms with E-state index >= 15 is 0 Å². The molecular weight excluding hydrogens is 355 g/mol. The van der Waals surface area contributed by atoms with Crippen LogP contribution < -0.4 is 0 Å². The summed E-state index contributed by atoms with van der Waals surface area (Å²) in [5, 5.41) is 0. The first-order chi connectivity index (χ1) is 4.74. The van der Waals surface area contributed by atoms with E-state index in [9.17, 15) is 0 Å². The van der Waals surface area contributed by atoms with Gasteiger partial charge in [-0.25, -0.2) is 0 Å². The minimum Gasteiger partial charge on any atom is -0.372 e. The summed E-state index contributed by atoms with van der Waals surface area (Å²) in [7, 11) is 0. The summed E-state index contributed by atoms with van der Waals surface area (Å²) >= 11 is 0. The van der Waals surface area contributed by atoms with Crippen LogP contribution in [0.3, 0.4) is 0 Å². The second-order valence-corrected chi connectivity index (χ2v) is 2.85. The molecule has 0 aliphatic heterocycles. The van der Waals surface area contributed by atoms with E-state index in [1.165, 1.54) is 5.92 Å². The molecule has 0 fully saturated rings. The first kappa shape index (κ1) is 18.9. The van der Waals surface area contributed by atoms with E-state index in [2.05, 4.69) is 27.7 Å². The van der Waals surface area contributed by atoms with Crippen LogP contribution in [0.5, 0.6) is 0 Å².